The Morgan fingerprint density at radius 2 is 1.67 bits per heavy atom. The average molecular weight is 573 g/mol. The first-order valence-electron chi connectivity index (χ1n) is 14.8. The highest BCUT2D eigenvalue weighted by molar-refractivity contribution is 5.91. The lowest BCUT2D eigenvalue weighted by molar-refractivity contribution is -0.131. The number of nitrogens with zero attached hydrogens (tertiary/aromatic N) is 6. The monoisotopic (exact) mass is 572 g/mol. The molecule has 0 spiro atoms. The minimum absolute atomic E-state index is 0.103. The number of hydrogen-bond donors (Lipinski definition) is 0. The van der Waals surface area contributed by atoms with E-state index in [-0.39, 0.29) is 11.7 Å². The van der Waals surface area contributed by atoms with Gasteiger partial charge in [-0.2, -0.15) is 0 Å². The molecule has 4 aromatic rings. The number of piperazine rings is 1. The van der Waals surface area contributed by atoms with Crippen molar-refractivity contribution in [2.24, 2.45) is 0 Å². The van der Waals surface area contributed by atoms with Crippen LogP contribution in [0.3, 0.4) is 0 Å². The Labute approximate surface area is 245 Å². The van der Waals surface area contributed by atoms with Crippen molar-refractivity contribution >= 4 is 28.3 Å². The number of carbonyl (C=O) groups is 1. The molecule has 0 aliphatic carbocycles. The molecule has 1 amide bonds. The van der Waals surface area contributed by atoms with Gasteiger partial charge in [-0.1, -0.05) is 24.3 Å². The first kappa shape index (κ1) is 28.1. The summed E-state index contributed by atoms with van der Waals surface area (Å²) in [7, 11) is 0. The summed E-state index contributed by atoms with van der Waals surface area (Å²) in [5.74, 6) is 1.83. The molecule has 2 aromatic heterocycles. The van der Waals surface area contributed by atoms with E-state index in [0.717, 1.165) is 62.5 Å². The summed E-state index contributed by atoms with van der Waals surface area (Å²) in [6.45, 7) is 8.03. The molecular weight excluding hydrogens is 535 g/mol. The normalized spacial score (nSPS) is 16.2. The number of morpholine rings is 1. The molecule has 2 aliphatic heterocycles. The van der Waals surface area contributed by atoms with Crippen molar-refractivity contribution in [3.05, 3.63) is 72.7 Å². The van der Waals surface area contributed by atoms with Crippen molar-refractivity contribution in [3.63, 3.8) is 0 Å². The van der Waals surface area contributed by atoms with Crippen LogP contribution >= 0.6 is 0 Å². The second-order valence-electron chi connectivity index (χ2n) is 10.7. The van der Waals surface area contributed by atoms with Gasteiger partial charge in [0.05, 0.1) is 30.7 Å². The van der Waals surface area contributed by atoms with E-state index in [1.165, 1.54) is 6.07 Å². The fourth-order valence-electron chi connectivity index (χ4n) is 5.74. The lowest BCUT2D eigenvalue weighted by Gasteiger charge is -2.36. The predicted octanol–water partition coefficient (Wildman–Crippen LogP) is 4.30. The van der Waals surface area contributed by atoms with E-state index in [4.69, 9.17) is 19.1 Å². The quantitative estimate of drug-likeness (QED) is 0.279. The molecule has 4 heterocycles. The average Bonchev–Trinajstić information content (AvgIpc) is 3.58. The molecule has 220 valence electrons. The maximum atomic E-state index is 14.3. The van der Waals surface area contributed by atoms with Gasteiger partial charge in [-0.05, 0) is 42.8 Å². The minimum Gasteiger partial charge on any atom is -0.461 e. The SMILES string of the molecule is O=C(CCN(CCCN1CCOCC1)c1nc(-c2ccco2)nc2ccccc12)N1CCN(c2ccccc2F)CC1. The number of aromatic nitrogens is 2. The van der Waals surface area contributed by atoms with Gasteiger partial charge in [0.15, 0.2) is 11.6 Å². The van der Waals surface area contributed by atoms with Crippen LogP contribution < -0.4 is 9.80 Å². The fourth-order valence-corrected chi connectivity index (χ4v) is 5.74. The Kier molecular flexibility index (Phi) is 8.91. The standard InChI is InChI=1S/C32H37FN6O3/c33-26-8-2-4-10-28(26)37-16-18-38(19-17-37)30(40)12-15-39(14-6-13-36-20-23-41-24-21-36)32-25-7-1-3-9-27(25)34-31(35-32)29-11-5-22-42-29/h1-5,7-11,22H,6,12-21,23-24H2. The van der Waals surface area contributed by atoms with Gasteiger partial charge in [0.2, 0.25) is 5.91 Å². The molecule has 2 saturated heterocycles. The molecular formula is C32H37FN6O3. The molecule has 0 atom stereocenters. The highest BCUT2D eigenvalue weighted by Gasteiger charge is 2.24. The van der Waals surface area contributed by atoms with Crippen molar-refractivity contribution in [2.75, 3.05) is 81.9 Å². The van der Waals surface area contributed by atoms with Crippen LogP contribution in [0.5, 0.6) is 0 Å². The first-order valence-corrected chi connectivity index (χ1v) is 14.8. The van der Waals surface area contributed by atoms with Crippen molar-refractivity contribution in [3.8, 4) is 11.6 Å². The van der Waals surface area contributed by atoms with Crippen LogP contribution in [0, 0.1) is 5.82 Å². The van der Waals surface area contributed by atoms with E-state index in [0.29, 0.717) is 56.4 Å². The van der Waals surface area contributed by atoms with Gasteiger partial charge in [-0.25, -0.2) is 14.4 Å². The third-order valence-electron chi connectivity index (χ3n) is 8.05. The number of amides is 1. The molecule has 2 aromatic carbocycles. The molecule has 2 fully saturated rings. The second-order valence-corrected chi connectivity index (χ2v) is 10.7. The number of para-hydroxylation sites is 2. The van der Waals surface area contributed by atoms with Crippen LogP contribution in [-0.2, 0) is 9.53 Å². The van der Waals surface area contributed by atoms with Crippen LogP contribution in [0.4, 0.5) is 15.9 Å². The predicted molar refractivity (Wildman–Crippen MR) is 161 cm³/mol. The summed E-state index contributed by atoms with van der Waals surface area (Å²) in [6.07, 6.45) is 2.92. The molecule has 6 rings (SSSR count). The Balaban J connectivity index is 1.17. The van der Waals surface area contributed by atoms with Gasteiger partial charge in [0, 0.05) is 70.7 Å². The lowest BCUT2D eigenvalue weighted by atomic mass is 10.2. The molecule has 2 aliphatic rings. The van der Waals surface area contributed by atoms with Gasteiger partial charge < -0.3 is 23.9 Å². The van der Waals surface area contributed by atoms with E-state index in [9.17, 15) is 9.18 Å². The highest BCUT2D eigenvalue weighted by Crippen LogP contribution is 2.28. The summed E-state index contributed by atoms with van der Waals surface area (Å²) >= 11 is 0. The molecule has 0 N–H and O–H groups in total. The smallest absolute Gasteiger partial charge is 0.224 e. The molecule has 0 radical (unpaired) electrons. The number of halogens is 1. The van der Waals surface area contributed by atoms with Crippen LogP contribution in [0.1, 0.15) is 12.8 Å². The number of rotatable bonds is 10. The number of benzene rings is 2. The first-order chi connectivity index (χ1) is 20.7. The maximum Gasteiger partial charge on any atom is 0.224 e. The van der Waals surface area contributed by atoms with Crippen LogP contribution in [0.2, 0.25) is 0 Å². The van der Waals surface area contributed by atoms with Crippen LogP contribution in [0.25, 0.3) is 22.5 Å². The summed E-state index contributed by atoms with van der Waals surface area (Å²) in [5.41, 5.74) is 1.43. The number of fused-ring (bicyclic) bond motifs is 1. The van der Waals surface area contributed by atoms with Gasteiger partial charge in [0.1, 0.15) is 11.6 Å². The van der Waals surface area contributed by atoms with Gasteiger partial charge in [0.25, 0.3) is 0 Å². The summed E-state index contributed by atoms with van der Waals surface area (Å²) in [6, 6.07) is 18.5. The number of hydrogen-bond acceptors (Lipinski definition) is 8. The van der Waals surface area contributed by atoms with E-state index in [2.05, 4.69) is 9.80 Å². The zero-order valence-electron chi connectivity index (χ0n) is 23.8. The van der Waals surface area contributed by atoms with E-state index >= 15 is 0 Å². The van der Waals surface area contributed by atoms with Crippen molar-refractivity contribution in [1.82, 2.24) is 19.8 Å². The second kappa shape index (κ2) is 13.3. The van der Waals surface area contributed by atoms with Gasteiger partial charge in [-0.15, -0.1) is 0 Å². The molecule has 0 saturated carbocycles. The van der Waals surface area contributed by atoms with Crippen molar-refractivity contribution in [2.45, 2.75) is 12.8 Å². The lowest BCUT2D eigenvalue weighted by Crippen LogP contribution is -2.49. The van der Waals surface area contributed by atoms with Crippen molar-refractivity contribution in [1.29, 1.82) is 0 Å². The Hall–Kier alpha value is -4.02. The van der Waals surface area contributed by atoms with Gasteiger partial charge >= 0.3 is 0 Å². The maximum absolute atomic E-state index is 14.3. The molecule has 42 heavy (non-hydrogen) atoms. The molecule has 0 bridgehead atoms. The third kappa shape index (κ3) is 6.55. The zero-order chi connectivity index (χ0) is 28.7. The number of furan rings is 1. The number of anilines is 2. The highest BCUT2D eigenvalue weighted by atomic mass is 19.1. The largest absolute Gasteiger partial charge is 0.461 e. The topological polar surface area (TPSA) is 78.2 Å². The zero-order valence-corrected chi connectivity index (χ0v) is 23.8. The van der Waals surface area contributed by atoms with Gasteiger partial charge in [-0.3, -0.25) is 9.69 Å². The van der Waals surface area contributed by atoms with E-state index < -0.39 is 0 Å². The number of ether oxygens (including phenoxy) is 1. The molecule has 10 heteroatoms. The third-order valence-corrected chi connectivity index (χ3v) is 8.05. The number of carbonyl (C=O) groups excluding carboxylic acids is 1. The Bertz CT molecular complexity index is 1470. The Morgan fingerprint density at radius 3 is 2.45 bits per heavy atom. The van der Waals surface area contributed by atoms with Crippen LogP contribution in [-0.4, -0.2) is 97.8 Å². The summed E-state index contributed by atoms with van der Waals surface area (Å²) in [4.78, 5) is 31.7. The van der Waals surface area contributed by atoms with E-state index in [1.807, 2.05) is 52.3 Å². The molecule has 0 unspecified atom stereocenters. The Morgan fingerprint density at radius 1 is 0.881 bits per heavy atom. The fraction of sp³-hybridized carbons (Fsp3) is 0.406. The summed E-state index contributed by atoms with van der Waals surface area (Å²) < 4.78 is 25.4. The van der Waals surface area contributed by atoms with Crippen LogP contribution in [0.15, 0.2) is 71.3 Å². The minimum atomic E-state index is -0.226. The van der Waals surface area contributed by atoms with E-state index in [1.54, 1.807) is 18.4 Å². The summed E-state index contributed by atoms with van der Waals surface area (Å²) in [5, 5.41) is 0.949. The molecule has 9 nitrogen and oxygen atoms in total. The van der Waals surface area contributed by atoms with Crippen molar-refractivity contribution < 1.29 is 18.3 Å².